The van der Waals surface area contributed by atoms with Crippen LogP contribution in [0.15, 0.2) is 24.3 Å². The number of hydrogen-bond acceptors (Lipinski definition) is 2. The molecule has 0 saturated heterocycles. The molecule has 19 heavy (non-hydrogen) atoms. The van der Waals surface area contributed by atoms with E-state index in [0.29, 0.717) is 6.10 Å². The van der Waals surface area contributed by atoms with Crippen LogP contribution in [0.3, 0.4) is 0 Å². The highest BCUT2D eigenvalue weighted by Crippen LogP contribution is 2.32. The molecule has 1 aromatic rings. The van der Waals surface area contributed by atoms with E-state index in [2.05, 4.69) is 25.7 Å². The molecule has 2 heteroatoms. The molecule has 1 N–H and O–H groups in total. The summed E-state index contributed by atoms with van der Waals surface area (Å²) in [5.74, 6) is 7.99. The molecular weight excluding hydrogens is 236 g/mol. The summed E-state index contributed by atoms with van der Waals surface area (Å²) in [6.45, 7) is 4.51. The van der Waals surface area contributed by atoms with Crippen LogP contribution in [0, 0.1) is 23.7 Å². The van der Waals surface area contributed by atoms with Crippen LogP contribution in [0.2, 0.25) is 0 Å². The minimum atomic E-state index is -0.119. The molecule has 1 aromatic carbocycles. The minimum absolute atomic E-state index is 0.119. The molecule has 1 aliphatic carbocycles. The van der Waals surface area contributed by atoms with E-state index in [-0.39, 0.29) is 6.61 Å². The van der Waals surface area contributed by atoms with Gasteiger partial charge in [-0.1, -0.05) is 37.8 Å². The van der Waals surface area contributed by atoms with E-state index in [0.717, 1.165) is 36.0 Å². The third-order valence-electron chi connectivity index (χ3n) is 4.03. The molecule has 3 unspecified atom stereocenters. The van der Waals surface area contributed by atoms with Crippen molar-refractivity contribution in [3.05, 3.63) is 29.8 Å². The molecule has 3 atom stereocenters. The van der Waals surface area contributed by atoms with Crippen LogP contribution < -0.4 is 4.74 Å². The quantitative estimate of drug-likeness (QED) is 0.825. The molecule has 1 aliphatic rings. The average molecular weight is 258 g/mol. The fourth-order valence-electron chi connectivity index (χ4n) is 2.59. The summed E-state index contributed by atoms with van der Waals surface area (Å²) in [7, 11) is 0. The highest BCUT2D eigenvalue weighted by molar-refractivity contribution is 5.46. The van der Waals surface area contributed by atoms with Crippen molar-refractivity contribution in [1.29, 1.82) is 0 Å². The van der Waals surface area contributed by atoms with Crippen LogP contribution in [0.4, 0.5) is 0 Å². The van der Waals surface area contributed by atoms with E-state index < -0.39 is 0 Å². The first-order valence-electron chi connectivity index (χ1n) is 7.06. The standard InChI is InChI=1S/C17H22O2/c1-13-9-10-16(12-14(13)2)19-17-8-4-3-6-15(17)7-5-11-18/h3-4,6,8,13-14,16,18H,9-12H2,1-2H3. The Morgan fingerprint density at radius 2 is 2.00 bits per heavy atom. The summed E-state index contributed by atoms with van der Waals surface area (Å²) < 4.78 is 6.12. The Morgan fingerprint density at radius 3 is 2.74 bits per heavy atom. The maximum Gasteiger partial charge on any atom is 0.135 e. The summed E-state index contributed by atoms with van der Waals surface area (Å²) in [5.41, 5.74) is 0.864. The summed E-state index contributed by atoms with van der Waals surface area (Å²) in [6.07, 6.45) is 3.76. The van der Waals surface area contributed by atoms with Gasteiger partial charge in [-0.25, -0.2) is 0 Å². The van der Waals surface area contributed by atoms with Gasteiger partial charge in [0.1, 0.15) is 12.4 Å². The van der Waals surface area contributed by atoms with Crippen molar-refractivity contribution in [1.82, 2.24) is 0 Å². The number of benzene rings is 1. The fourth-order valence-corrected chi connectivity index (χ4v) is 2.59. The minimum Gasteiger partial charge on any atom is -0.489 e. The molecule has 2 nitrogen and oxygen atoms in total. The molecule has 0 heterocycles. The topological polar surface area (TPSA) is 29.5 Å². The Bertz CT molecular complexity index is 470. The predicted molar refractivity (Wildman–Crippen MR) is 77.0 cm³/mol. The van der Waals surface area contributed by atoms with Crippen molar-refractivity contribution < 1.29 is 9.84 Å². The summed E-state index contributed by atoms with van der Waals surface area (Å²) in [4.78, 5) is 0. The monoisotopic (exact) mass is 258 g/mol. The first kappa shape index (κ1) is 14.0. The Kier molecular flexibility index (Phi) is 4.87. The molecule has 2 rings (SSSR count). The Balaban J connectivity index is 2.07. The largest absolute Gasteiger partial charge is 0.489 e. The summed E-state index contributed by atoms with van der Waals surface area (Å²) >= 11 is 0. The summed E-state index contributed by atoms with van der Waals surface area (Å²) in [5, 5.41) is 8.79. The highest BCUT2D eigenvalue weighted by Gasteiger charge is 2.26. The lowest BCUT2D eigenvalue weighted by atomic mass is 9.80. The Morgan fingerprint density at radius 1 is 1.21 bits per heavy atom. The number of aliphatic hydroxyl groups excluding tert-OH is 1. The zero-order valence-electron chi connectivity index (χ0n) is 11.7. The number of para-hydroxylation sites is 1. The van der Waals surface area contributed by atoms with E-state index in [1.807, 2.05) is 24.3 Å². The normalized spacial score (nSPS) is 26.4. The molecule has 1 saturated carbocycles. The molecule has 0 spiro atoms. The number of rotatable bonds is 2. The van der Waals surface area contributed by atoms with E-state index in [1.54, 1.807) is 0 Å². The van der Waals surface area contributed by atoms with Crippen LogP contribution >= 0.6 is 0 Å². The van der Waals surface area contributed by atoms with Gasteiger partial charge < -0.3 is 9.84 Å². The van der Waals surface area contributed by atoms with Crippen molar-refractivity contribution in [2.75, 3.05) is 6.61 Å². The zero-order chi connectivity index (χ0) is 13.7. The van der Waals surface area contributed by atoms with Crippen molar-refractivity contribution in [2.45, 2.75) is 39.2 Å². The maximum absolute atomic E-state index is 8.79. The van der Waals surface area contributed by atoms with Gasteiger partial charge in [0.2, 0.25) is 0 Å². The predicted octanol–water partition coefficient (Wildman–Crippen LogP) is 3.23. The van der Waals surface area contributed by atoms with Gasteiger partial charge >= 0.3 is 0 Å². The molecule has 0 amide bonds. The molecule has 0 radical (unpaired) electrons. The summed E-state index contributed by atoms with van der Waals surface area (Å²) in [6, 6.07) is 7.81. The number of aliphatic hydroxyl groups is 1. The lowest BCUT2D eigenvalue weighted by molar-refractivity contribution is 0.100. The fraction of sp³-hybridized carbons (Fsp3) is 0.529. The maximum atomic E-state index is 8.79. The number of ether oxygens (including phenoxy) is 1. The lowest BCUT2D eigenvalue weighted by Crippen LogP contribution is -2.28. The SMILES string of the molecule is CC1CCC(Oc2ccccc2C#CCO)CC1C. The molecular formula is C17H22O2. The van der Waals surface area contributed by atoms with Crippen molar-refractivity contribution in [2.24, 2.45) is 11.8 Å². The number of hydrogen-bond donors (Lipinski definition) is 1. The van der Waals surface area contributed by atoms with E-state index >= 15 is 0 Å². The van der Waals surface area contributed by atoms with E-state index in [4.69, 9.17) is 9.84 Å². The molecule has 0 aliphatic heterocycles. The lowest BCUT2D eigenvalue weighted by Gasteiger charge is -2.32. The van der Waals surface area contributed by atoms with E-state index in [9.17, 15) is 0 Å². The van der Waals surface area contributed by atoms with Crippen LogP contribution in [0.5, 0.6) is 5.75 Å². The first-order chi connectivity index (χ1) is 9.20. The van der Waals surface area contributed by atoms with Crippen molar-refractivity contribution in [3.63, 3.8) is 0 Å². The first-order valence-corrected chi connectivity index (χ1v) is 7.06. The van der Waals surface area contributed by atoms with Gasteiger partial charge in [0.05, 0.1) is 11.7 Å². The van der Waals surface area contributed by atoms with Gasteiger partial charge in [0, 0.05) is 0 Å². The third kappa shape index (κ3) is 3.75. The Labute approximate surface area is 115 Å². The van der Waals surface area contributed by atoms with Gasteiger partial charge in [-0.05, 0) is 43.2 Å². The highest BCUT2D eigenvalue weighted by atomic mass is 16.5. The van der Waals surface area contributed by atoms with Gasteiger partial charge in [-0.15, -0.1) is 0 Å². The van der Waals surface area contributed by atoms with Gasteiger partial charge in [-0.2, -0.15) is 0 Å². The Hall–Kier alpha value is -1.46. The van der Waals surface area contributed by atoms with Gasteiger partial charge in [0.15, 0.2) is 0 Å². The second-order valence-corrected chi connectivity index (χ2v) is 5.46. The molecule has 0 aromatic heterocycles. The van der Waals surface area contributed by atoms with Crippen LogP contribution in [0.25, 0.3) is 0 Å². The molecule has 0 bridgehead atoms. The van der Waals surface area contributed by atoms with Crippen LogP contribution in [0.1, 0.15) is 38.7 Å². The van der Waals surface area contributed by atoms with Crippen molar-refractivity contribution in [3.8, 4) is 17.6 Å². The van der Waals surface area contributed by atoms with E-state index in [1.165, 1.54) is 6.42 Å². The second-order valence-electron chi connectivity index (χ2n) is 5.46. The van der Waals surface area contributed by atoms with Gasteiger partial charge in [0.25, 0.3) is 0 Å². The third-order valence-corrected chi connectivity index (χ3v) is 4.03. The van der Waals surface area contributed by atoms with Crippen molar-refractivity contribution >= 4 is 0 Å². The van der Waals surface area contributed by atoms with Crippen LogP contribution in [-0.4, -0.2) is 17.8 Å². The smallest absolute Gasteiger partial charge is 0.135 e. The van der Waals surface area contributed by atoms with Crippen LogP contribution in [-0.2, 0) is 0 Å². The molecule has 1 fully saturated rings. The average Bonchev–Trinajstić information content (AvgIpc) is 2.42. The molecule has 102 valence electrons. The van der Waals surface area contributed by atoms with Gasteiger partial charge in [-0.3, -0.25) is 0 Å². The second kappa shape index (κ2) is 6.63. The zero-order valence-corrected chi connectivity index (χ0v) is 11.7.